The molecule has 3 aromatic rings. The Kier molecular flexibility index (Phi) is 16.1. The molecule has 0 aliphatic carbocycles. The van der Waals surface area contributed by atoms with E-state index in [4.69, 9.17) is 31.4 Å². The van der Waals surface area contributed by atoms with Crippen molar-refractivity contribution < 1.29 is 19.4 Å². The third-order valence-electron chi connectivity index (χ3n) is 6.38. The number of benzene rings is 3. The minimum absolute atomic E-state index is 0.130. The number of nitrogens with two attached hydrogens (primary N) is 1. The van der Waals surface area contributed by atoms with Crippen molar-refractivity contribution >= 4 is 12.1 Å². The monoisotopic (exact) mass is 609 g/mol. The van der Waals surface area contributed by atoms with Crippen molar-refractivity contribution in [1.29, 1.82) is 15.8 Å². The van der Waals surface area contributed by atoms with Gasteiger partial charge in [0.1, 0.15) is 5.60 Å². The average Bonchev–Trinajstić information content (AvgIpc) is 2.96. The quantitative estimate of drug-likeness (QED) is 0.271. The highest BCUT2D eigenvalue weighted by atomic mass is 16.6. The number of ether oxygens (including phenoxy) is 1. The van der Waals surface area contributed by atoms with Gasteiger partial charge in [0.25, 0.3) is 0 Å². The van der Waals surface area contributed by atoms with Crippen LogP contribution >= 0.6 is 0 Å². The molecule has 0 heterocycles. The molecule has 0 spiro atoms. The van der Waals surface area contributed by atoms with Gasteiger partial charge in [0, 0.05) is 13.0 Å². The molecule has 9 nitrogen and oxygen atoms in total. The van der Waals surface area contributed by atoms with Crippen molar-refractivity contribution in [3.8, 4) is 18.2 Å². The molecule has 9 heteroatoms. The molecule has 0 atom stereocenters. The topological polar surface area (TPSA) is 173 Å². The first-order valence-electron chi connectivity index (χ1n) is 14.6. The highest BCUT2D eigenvalue weighted by Gasteiger charge is 2.15. The summed E-state index contributed by atoms with van der Waals surface area (Å²) in [5.41, 5.74) is 13.2. The summed E-state index contributed by atoms with van der Waals surface area (Å²) in [6.45, 7) is 12.4. The number of carboxylic acids is 1. The number of nitrogens with one attached hydrogen (secondary N) is 1. The zero-order valence-corrected chi connectivity index (χ0v) is 27.0. The van der Waals surface area contributed by atoms with E-state index in [9.17, 15) is 9.59 Å². The SMILES string of the molecule is Cc1cc(CCC(=O)O)ccc1C#N.Cc1cc(CCN)ccc1C#N.Cc1cc(CCNC(=O)OC(C)(C)C)ccc1C#N. The van der Waals surface area contributed by atoms with Gasteiger partial charge in [-0.05, 0) is 119 Å². The van der Waals surface area contributed by atoms with Gasteiger partial charge in [-0.3, -0.25) is 4.79 Å². The molecule has 1 amide bonds. The predicted molar refractivity (Wildman–Crippen MR) is 174 cm³/mol. The zero-order chi connectivity index (χ0) is 34.0. The number of alkyl carbamates (subject to hydrolysis) is 1. The lowest BCUT2D eigenvalue weighted by molar-refractivity contribution is -0.136. The van der Waals surface area contributed by atoms with E-state index in [0.29, 0.717) is 37.1 Å². The van der Waals surface area contributed by atoms with Crippen LogP contribution in [-0.2, 0) is 28.8 Å². The fourth-order valence-corrected chi connectivity index (χ4v) is 4.06. The van der Waals surface area contributed by atoms with E-state index < -0.39 is 17.7 Å². The first-order valence-corrected chi connectivity index (χ1v) is 14.6. The van der Waals surface area contributed by atoms with Gasteiger partial charge in [-0.25, -0.2) is 4.79 Å². The van der Waals surface area contributed by atoms with Crippen LogP contribution in [0.3, 0.4) is 0 Å². The van der Waals surface area contributed by atoms with E-state index in [2.05, 4.69) is 23.5 Å². The van der Waals surface area contributed by atoms with Crippen LogP contribution in [0.15, 0.2) is 54.6 Å². The Morgan fingerprint density at radius 1 is 0.756 bits per heavy atom. The van der Waals surface area contributed by atoms with Crippen LogP contribution in [0.4, 0.5) is 4.79 Å². The maximum absolute atomic E-state index is 11.4. The number of hydrogen-bond acceptors (Lipinski definition) is 7. The van der Waals surface area contributed by atoms with Crippen LogP contribution in [0.2, 0.25) is 0 Å². The second-order valence-corrected chi connectivity index (χ2v) is 11.4. The largest absolute Gasteiger partial charge is 0.481 e. The maximum Gasteiger partial charge on any atom is 0.407 e. The highest BCUT2D eigenvalue weighted by Crippen LogP contribution is 2.13. The van der Waals surface area contributed by atoms with Crippen LogP contribution in [0.1, 0.15) is 77.3 Å². The molecule has 4 N–H and O–H groups in total. The van der Waals surface area contributed by atoms with Crippen molar-refractivity contribution in [2.75, 3.05) is 13.1 Å². The molecule has 0 fully saturated rings. The Balaban J connectivity index is 0.000000348. The van der Waals surface area contributed by atoms with Crippen molar-refractivity contribution in [1.82, 2.24) is 5.32 Å². The summed E-state index contributed by atoms with van der Waals surface area (Å²) < 4.78 is 5.14. The second kappa shape index (κ2) is 19.2. The number of carbonyl (C=O) groups excluding carboxylic acids is 1. The van der Waals surface area contributed by atoms with Gasteiger partial charge >= 0.3 is 12.1 Å². The summed E-state index contributed by atoms with van der Waals surface area (Å²) in [5.74, 6) is -0.799. The van der Waals surface area contributed by atoms with E-state index in [0.717, 1.165) is 39.8 Å². The molecule has 0 unspecified atom stereocenters. The van der Waals surface area contributed by atoms with Crippen molar-refractivity contribution in [3.05, 3.63) is 105 Å². The molecule has 0 saturated carbocycles. The fourth-order valence-electron chi connectivity index (χ4n) is 4.06. The van der Waals surface area contributed by atoms with Crippen LogP contribution < -0.4 is 11.1 Å². The van der Waals surface area contributed by atoms with Gasteiger partial charge in [-0.2, -0.15) is 15.8 Å². The molecule has 3 aromatic carbocycles. The highest BCUT2D eigenvalue weighted by molar-refractivity contribution is 5.67. The number of nitrogens with zero attached hydrogens (tertiary/aromatic N) is 3. The fraction of sp³-hybridized carbons (Fsp3) is 0.361. The number of aliphatic carboxylic acids is 1. The molecule has 0 aromatic heterocycles. The van der Waals surface area contributed by atoms with E-state index in [1.807, 2.05) is 77.9 Å². The summed E-state index contributed by atoms with van der Waals surface area (Å²) in [5, 5.41) is 37.4. The van der Waals surface area contributed by atoms with Gasteiger partial charge in [0.2, 0.25) is 0 Å². The molecule has 0 saturated heterocycles. The van der Waals surface area contributed by atoms with Crippen LogP contribution in [0, 0.1) is 54.8 Å². The van der Waals surface area contributed by atoms with Gasteiger partial charge < -0.3 is 20.9 Å². The Morgan fingerprint density at radius 3 is 1.49 bits per heavy atom. The Morgan fingerprint density at radius 2 is 1.16 bits per heavy atom. The number of amides is 1. The van der Waals surface area contributed by atoms with E-state index in [1.165, 1.54) is 5.56 Å². The first kappa shape index (κ1) is 37.9. The summed E-state index contributed by atoms with van der Waals surface area (Å²) in [7, 11) is 0. The molecular weight excluding hydrogens is 566 g/mol. The number of aryl methyl sites for hydroxylation is 4. The summed E-state index contributed by atoms with van der Waals surface area (Å²) in [6, 6.07) is 23.2. The molecule has 3 rings (SSSR count). The van der Waals surface area contributed by atoms with Crippen LogP contribution in [-0.4, -0.2) is 35.9 Å². The third-order valence-corrected chi connectivity index (χ3v) is 6.38. The minimum Gasteiger partial charge on any atom is -0.481 e. The molecule has 0 bridgehead atoms. The number of rotatable bonds is 8. The molecule has 0 aliphatic rings. The second-order valence-electron chi connectivity index (χ2n) is 11.4. The first-order chi connectivity index (χ1) is 21.2. The smallest absolute Gasteiger partial charge is 0.407 e. The van der Waals surface area contributed by atoms with Gasteiger partial charge in [0.05, 0.1) is 34.9 Å². The summed E-state index contributed by atoms with van der Waals surface area (Å²) in [4.78, 5) is 21.8. The molecule has 0 radical (unpaired) electrons. The standard InChI is InChI=1S/C15H20N2O2.C11H11NO2.C10H12N2/c1-11-9-12(5-6-13(11)10-16)7-8-17-14(18)19-15(2,3)4;1-8-6-9(3-5-11(13)14)2-4-10(8)7-12;1-8-6-9(4-5-11)2-3-10(8)7-12/h5-6,9H,7-8H2,1-4H3,(H,17,18);2,4,6H,3,5H2,1H3,(H,13,14);2-3,6H,4-5,11H2,1H3. The Bertz CT molecular complexity index is 1570. The van der Waals surface area contributed by atoms with Gasteiger partial charge in [-0.15, -0.1) is 0 Å². The van der Waals surface area contributed by atoms with Crippen molar-refractivity contribution in [3.63, 3.8) is 0 Å². The zero-order valence-electron chi connectivity index (χ0n) is 27.0. The van der Waals surface area contributed by atoms with Crippen LogP contribution in [0.25, 0.3) is 0 Å². The number of carboxylic acid groups (broad SMARTS) is 1. The summed E-state index contributed by atoms with van der Waals surface area (Å²) in [6.07, 6.45) is 1.84. The lowest BCUT2D eigenvalue weighted by Gasteiger charge is -2.19. The number of nitriles is 3. The Labute approximate surface area is 266 Å². The minimum atomic E-state index is -0.799. The molecule has 45 heavy (non-hydrogen) atoms. The van der Waals surface area contributed by atoms with E-state index >= 15 is 0 Å². The molecule has 0 aliphatic heterocycles. The maximum atomic E-state index is 11.4. The number of carbonyl (C=O) groups is 2. The third kappa shape index (κ3) is 15.2. The van der Waals surface area contributed by atoms with Gasteiger partial charge in [-0.1, -0.05) is 36.4 Å². The predicted octanol–water partition coefficient (Wildman–Crippen LogP) is 6.19. The van der Waals surface area contributed by atoms with Gasteiger partial charge in [0.15, 0.2) is 0 Å². The molecular formula is C36H43N5O4. The lowest BCUT2D eigenvalue weighted by Crippen LogP contribution is -2.33. The van der Waals surface area contributed by atoms with Crippen molar-refractivity contribution in [2.45, 2.75) is 72.8 Å². The number of hydrogen-bond donors (Lipinski definition) is 3. The lowest BCUT2D eigenvalue weighted by atomic mass is 10.0. The van der Waals surface area contributed by atoms with E-state index in [1.54, 1.807) is 18.2 Å². The van der Waals surface area contributed by atoms with Crippen LogP contribution in [0.5, 0.6) is 0 Å². The molecule has 236 valence electrons. The average molecular weight is 610 g/mol. The Hall–Kier alpha value is -5.17. The van der Waals surface area contributed by atoms with E-state index in [-0.39, 0.29) is 6.42 Å². The normalized spacial score (nSPS) is 9.96. The summed E-state index contributed by atoms with van der Waals surface area (Å²) >= 11 is 0. The van der Waals surface area contributed by atoms with Crippen molar-refractivity contribution in [2.24, 2.45) is 5.73 Å².